The maximum Gasteiger partial charge on any atom is 0.260 e. The molecule has 0 spiro atoms. The zero-order valence-corrected chi connectivity index (χ0v) is 11.5. The number of fused-ring (bicyclic) bond motifs is 1. The second-order valence-electron chi connectivity index (χ2n) is 5.49. The summed E-state index contributed by atoms with van der Waals surface area (Å²) < 4.78 is 5.58. The number of nitrogens with zero attached hydrogens (tertiary/aromatic N) is 1. The van der Waals surface area contributed by atoms with E-state index in [2.05, 4.69) is 5.32 Å². The van der Waals surface area contributed by atoms with Crippen LogP contribution in [0.4, 0.5) is 0 Å². The average Bonchev–Trinajstić information content (AvgIpc) is 2.94. The van der Waals surface area contributed by atoms with Gasteiger partial charge in [-0.1, -0.05) is 18.2 Å². The number of benzene rings is 1. The van der Waals surface area contributed by atoms with Gasteiger partial charge in [-0.2, -0.15) is 0 Å². The molecule has 0 aliphatic carbocycles. The Labute approximate surface area is 117 Å². The van der Waals surface area contributed by atoms with Gasteiger partial charge in [-0.15, -0.1) is 0 Å². The Morgan fingerprint density at radius 2 is 2.20 bits per heavy atom. The molecular weight excluding hydrogens is 256 g/mol. The standard InChI is InChI=1S/C15H18N2O3/c1-10-4-2-3-5-13(10)20-9-15(19)17-7-11-6-14(18)16-12(11)8-17/h2-5,11-12H,6-9H2,1H3,(H,16,18)/t11-,12+/m0/s1. The summed E-state index contributed by atoms with van der Waals surface area (Å²) >= 11 is 0. The van der Waals surface area contributed by atoms with Crippen LogP contribution in [0.2, 0.25) is 0 Å². The van der Waals surface area contributed by atoms with Gasteiger partial charge in [0, 0.05) is 25.4 Å². The summed E-state index contributed by atoms with van der Waals surface area (Å²) in [4.78, 5) is 25.2. The third kappa shape index (κ3) is 2.48. The monoisotopic (exact) mass is 274 g/mol. The number of ether oxygens (including phenoxy) is 1. The number of likely N-dealkylation sites (tertiary alicyclic amines) is 1. The first-order valence-electron chi connectivity index (χ1n) is 6.89. The maximum atomic E-state index is 12.1. The summed E-state index contributed by atoms with van der Waals surface area (Å²) in [6.07, 6.45) is 0.535. The van der Waals surface area contributed by atoms with Crippen LogP contribution in [0.5, 0.6) is 5.75 Å². The lowest BCUT2D eigenvalue weighted by Gasteiger charge is -2.18. The molecule has 2 heterocycles. The molecule has 5 heteroatoms. The zero-order chi connectivity index (χ0) is 14.1. The lowest BCUT2D eigenvalue weighted by molar-refractivity contribution is -0.133. The highest BCUT2D eigenvalue weighted by molar-refractivity contribution is 5.82. The van der Waals surface area contributed by atoms with Crippen LogP contribution in [0.15, 0.2) is 24.3 Å². The number of para-hydroxylation sites is 1. The predicted molar refractivity (Wildman–Crippen MR) is 73.3 cm³/mol. The summed E-state index contributed by atoms with van der Waals surface area (Å²) in [5.74, 6) is 1.10. The van der Waals surface area contributed by atoms with Crippen LogP contribution in [0.3, 0.4) is 0 Å². The molecule has 2 amide bonds. The van der Waals surface area contributed by atoms with E-state index in [-0.39, 0.29) is 30.4 Å². The molecular formula is C15H18N2O3. The van der Waals surface area contributed by atoms with E-state index in [0.29, 0.717) is 19.5 Å². The van der Waals surface area contributed by atoms with Gasteiger partial charge < -0.3 is 15.0 Å². The van der Waals surface area contributed by atoms with Crippen molar-refractivity contribution in [2.75, 3.05) is 19.7 Å². The summed E-state index contributed by atoms with van der Waals surface area (Å²) in [5.41, 5.74) is 1.02. The smallest absolute Gasteiger partial charge is 0.260 e. The van der Waals surface area contributed by atoms with Crippen LogP contribution in [-0.2, 0) is 9.59 Å². The quantitative estimate of drug-likeness (QED) is 0.883. The fourth-order valence-electron chi connectivity index (χ4n) is 2.90. The second kappa shape index (κ2) is 5.15. The normalized spacial score (nSPS) is 24.4. The molecule has 2 saturated heterocycles. The minimum atomic E-state index is -0.0168. The molecule has 20 heavy (non-hydrogen) atoms. The Hall–Kier alpha value is -2.04. The number of carbonyl (C=O) groups excluding carboxylic acids is 2. The van der Waals surface area contributed by atoms with Crippen LogP contribution >= 0.6 is 0 Å². The molecule has 0 saturated carbocycles. The number of nitrogens with one attached hydrogen (secondary N) is 1. The van der Waals surface area contributed by atoms with Gasteiger partial charge in [0.25, 0.3) is 5.91 Å². The average molecular weight is 274 g/mol. The van der Waals surface area contributed by atoms with Gasteiger partial charge in [0.1, 0.15) is 5.75 Å². The van der Waals surface area contributed by atoms with Crippen molar-refractivity contribution in [2.45, 2.75) is 19.4 Å². The van der Waals surface area contributed by atoms with Crippen molar-refractivity contribution in [3.63, 3.8) is 0 Å². The Kier molecular flexibility index (Phi) is 3.34. The molecule has 0 unspecified atom stereocenters. The number of hydrogen-bond acceptors (Lipinski definition) is 3. The van der Waals surface area contributed by atoms with E-state index in [0.717, 1.165) is 11.3 Å². The van der Waals surface area contributed by atoms with Crippen molar-refractivity contribution >= 4 is 11.8 Å². The Bertz CT molecular complexity index is 528. The minimum Gasteiger partial charge on any atom is -0.484 e. The van der Waals surface area contributed by atoms with Crippen molar-refractivity contribution in [1.82, 2.24) is 10.2 Å². The second-order valence-corrected chi connectivity index (χ2v) is 5.49. The van der Waals surface area contributed by atoms with Gasteiger partial charge >= 0.3 is 0 Å². The number of hydrogen-bond donors (Lipinski definition) is 1. The fraction of sp³-hybridized carbons (Fsp3) is 0.467. The molecule has 0 aromatic heterocycles. The molecule has 2 fully saturated rings. The van der Waals surface area contributed by atoms with Gasteiger partial charge in [-0.3, -0.25) is 9.59 Å². The predicted octanol–water partition coefficient (Wildman–Crippen LogP) is 0.721. The molecule has 106 valence electrons. The SMILES string of the molecule is Cc1ccccc1OCC(=O)N1C[C@@H]2CC(=O)N[C@@H]2C1. The first-order chi connectivity index (χ1) is 9.63. The Balaban J connectivity index is 1.54. The summed E-state index contributed by atoms with van der Waals surface area (Å²) in [7, 11) is 0. The highest BCUT2D eigenvalue weighted by Crippen LogP contribution is 2.25. The number of rotatable bonds is 3. The fourth-order valence-corrected chi connectivity index (χ4v) is 2.90. The highest BCUT2D eigenvalue weighted by atomic mass is 16.5. The van der Waals surface area contributed by atoms with Crippen LogP contribution < -0.4 is 10.1 Å². The topological polar surface area (TPSA) is 58.6 Å². The van der Waals surface area contributed by atoms with Crippen LogP contribution in [-0.4, -0.2) is 42.5 Å². The van der Waals surface area contributed by atoms with Gasteiger partial charge in [0.05, 0.1) is 6.04 Å². The van der Waals surface area contributed by atoms with Gasteiger partial charge in [-0.05, 0) is 18.6 Å². The summed E-state index contributed by atoms with van der Waals surface area (Å²) in [6.45, 7) is 3.26. The Morgan fingerprint density at radius 1 is 1.40 bits per heavy atom. The van der Waals surface area contributed by atoms with Crippen molar-refractivity contribution in [2.24, 2.45) is 5.92 Å². The lowest BCUT2D eigenvalue weighted by Crippen LogP contribution is -2.37. The van der Waals surface area contributed by atoms with Crippen LogP contribution in [0, 0.1) is 12.8 Å². The summed E-state index contributed by atoms with van der Waals surface area (Å²) in [5, 5.41) is 2.91. The number of carbonyl (C=O) groups is 2. The van der Waals surface area contributed by atoms with E-state index in [1.54, 1.807) is 4.90 Å². The molecule has 2 atom stereocenters. The molecule has 0 radical (unpaired) electrons. The van der Waals surface area contributed by atoms with Crippen molar-refractivity contribution in [3.05, 3.63) is 29.8 Å². The van der Waals surface area contributed by atoms with E-state index >= 15 is 0 Å². The molecule has 5 nitrogen and oxygen atoms in total. The first kappa shape index (κ1) is 13.0. The molecule has 3 rings (SSSR count). The highest BCUT2D eigenvalue weighted by Gasteiger charge is 2.41. The maximum absolute atomic E-state index is 12.1. The van der Waals surface area contributed by atoms with Gasteiger partial charge in [0.15, 0.2) is 6.61 Å². The largest absolute Gasteiger partial charge is 0.484 e. The minimum absolute atomic E-state index is 0.0168. The zero-order valence-electron chi connectivity index (χ0n) is 11.5. The third-order valence-corrected chi connectivity index (χ3v) is 4.03. The van der Waals surface area contributed by atoms with E-state index in [1.165, 1.54) is 0 Å². The van der Waals surface area contributed by atoms with Gasteiger partial charge in [0.2, 0.25) is 5.91 Å². The third-order valence-electron chi connectivity index (χ3n) is 4.03. The molecule has 1 N–H and O–H groups in total. The van der Waals surface area contributed by atoms with Crippen LogP contribution in [0.25, 0.3) is 0 Å². The molecule has 1 aromatic rings. The Morgan fingerprint density at radius 3 is 2.95 bits per heavy atom. The lowest BCUT2D eigenvalue weighted by atomic mass is 10.1. The summed E-state index contributed by atoms with van der Waals surface area (Å²) in [6, 6.07) is 7.78. The molecule has 1 aromatic carbocycles. The van der Waals surface area contributed by atoms with Crippen LogP contribution in [0.1, 0.15) is 12.0 Å². The van der Waals surface area contributed by atoms with Crippen molar-refractivity contribution < 1.29 is 14.3 Å². The first-order valence-corrected chi connectivity index (χ1v) is 6.89. The van der Waals surface area contributed by atoms with Gasteiger partial charge in [-0.25, -0.2) is 0 Å². The van der Waals surface area contributed by atoms with Crippen molar-refractivity contribution in [1.29, 1.82) is 0 Å². The number of aryl methyl sites for hydroxylation is 1. The van der Waals surface area contributed by atoms with E-state index in [1.807, 2.05) is 31.2 Å². The molecule has 0 bridgehead atoms. The van der Waals surface area contributed by atoms with E-state index in [9.17, 15) is 9.59 Å². The van der Waals surface area contributed by atoms with E-state index in [4.69, 9.17) is 4.74 Å². The molecule has 2 aliphatic rings. The van der Waals surface area contributed by atoms with Crippen molar-refractivity contribution in [3.8, 4) is 5.75 Å². The number of amides is 2. The molecule has 2 aliphatic heterocycles. The van der Waals surface area contributed by atoms with E-state index < -0.39 is 0 Å².